The molecule has 4 aliphatic heterocycles. The van der Waals surface area contributed by atoms with E-state index in [1.807, 2.05) is 35.6 Å². The zero-order valence-corrected chi connectivity index (χ0v) is 19.2. The highest BCUT2D eigenvalue weighted by atomic mass is 32.2. The molecule has 0 aliphatic carbocycles. The molecule has 2 aromatic carbocycles. The second-order valence-electron chi connectivity index (χ2n) is 8.94. The second kappa shape index (κ2) is 8.52. The number of benzene rings is 2. The van der Waals surface area contributed by atoms with Gasteiger partial charge in [0.15, 0.2) is 17.5 Å². The van der Waals surface area contributed by atoms with Crippen LogP contribution in [0.15, 0.2) is 36.4 Å². The predicted octanol–water partition coefficient (Wildman–Crippen LogP) is 0.760. The normalized spacial score (nSPS) is 25.3. The molecule has 9 nitrogen and oxygen atoms in total. The molecule has 0 aromatic heterocycles. The molecule has 3 amide bonds. The van der Waals surface area contributed by atoms with Crippen LogP contribution in [0.5, 0.6) is 11.5 Å². The van der Waals surface area contributed by atoms with E-state index in [1.165, 1.54) is 0 Å². The van der Waals surface area contributed by atoms with Crippen molar-refractivity contribution in [2.75, 3.05) is 30.3 Å². The first-order valence-corrected chi connectivity index (χ1v) is 12.6. The number of thioether (sulfide) groups is 1. The average Bonchev–Trinajstić information content (AvgIpc) is 3.54. The highest BCUT2D eigenvalue weighted by Crippen LogP contribution is 2.37. The van der Waals surface area contributed by atoms with Crippen molar-refractivity contribution >= 4 is 35.2 Å². The number of ether oxygens (including phenoxy) is 2. The zero-order chi connectivity index (χ0) is 23.2. The van der Waals surface area contributed by atoms with Gasteiger partial charge in [-0.3, -0.25) is 14.4 Å². The maximum absolute atomic E-state index is 13.5. The Morgan fingerprint density at radius 3 is 2.79 bits per heavy atom. The smallest absolute Gasteiger partial charge is 0.279 e. The lowest BCUT2D eigenvalue weighted by molar-refractivity contribution is -0.648. The number of anilines is 1. The van der Waals surface area contributed by atoms with Crippen LogP contribution in [0.4, 0.5) is 5.69 Å². The molecule has 0 unspecified atom stereocenters. The van der Waals surface area contributed by atoms with E-state index in [4.69, 9.17) is 9.47 Å². The summed E-state index contributed by atoms with van der Waals surface area (Å²) in [6.45, 7) is 0.613. The predicted molar refractivity (Wildman–Crippen MR) is 126 cm³/mol. The Morgan fingerprint density at radius 2 is 1.94 bits per heavy atom. The van der Waals surface area contributed by atoms with Crippen molar-refractivity contribution in [2.24, 2.45) is 0 Å². The highest BCUT2D eigenvalue weighted by molar-refractivity contribution is 7.99. The third-order valence-electron chi connectivity index (χ3n) is 6.86. The Morgan fingerprint density at radius 1 is 1.12 bits per heavy atom. The van der Waals surface area contributed by atoms with E-state index in [-0.39, 0.29) is 36.6 Å². The van der Waals surface area contributed by atoms with Gasteiger partial charge in [-0.1, -0.05) is 23.9 Å². The van der Waals surface area contributed by atoms with E-state index in [0.29, 0.717) is 42.1 Å². The van der Waals surface area contributed by atoms with Gasteiger partial charge in [0.05, 0.1) is 17.0 Å². The summed E-state index contributed by atoms with van der Waals surface area (Å²) in [5.74, 6) is 2.68. The van der Waals surface area contributed by atoms with E-state index in [9.17, 15) is 14.4 Å². The number of carbonyl (C=O) groups excluding carboxylic acids is 3. The lowest BCUT2D eigenvalue weighted by atomic mass is 9.95. The maximum atomic E-state index is 13.5. The molecule has 10 heteroatoms. The number of hydrogen-bond donors (Lipinski definition) is 3. The van der Waals surface area contributed by atoms with E-state index < -0.39 is 6.04 Å². The molecule has 0 saturated carbocycles. The average molecular weight is 482 g/mol. The van der Waals surface area contributed by atoms with E-state index in [0.717, 1.165) is 22.8 Å². The fourth-order valence-electron chi connectivity index (χ4n) is 4.98. The molecule has 4 N–H and O–H groups in total. The summed E-state index contributed by atoms with van der Waals surface area (Å²) in [6, 6.07) is 10.3. The molecular weight excluding hydrogens is 456 g/mol. The Labute approximate surface area is 200 Å². The van der Waals surface area contributed by atoms with Gasteiger partial charge in [-0.05, 0) is 48.2 Å². The number of fused-ring (bicyclic) bond motifs is 3. The third-order valence-corrected chi connectivity index (χ3v) is 7.88. The van der Waals surface area contributed by atoms with Crippen LogP contribution in [0.2, 0.25) is 0 Å². The first kappa shape index (κ1) is 21.3. The minimum absolute atomic E-state index is 0.0143. The van der Waals surface area contributed by atoms with Crippen LogP contribution in [0, 0.1) is 0 Å². The van der Waals surface area contributed by atoms with Crippen molar-refractivity contribution in [3.05, 3.63) is 42.0 Å². The number of amides is 3. The van der Waals surface area contributed by atoms with Gasteiger partial charge in [-0.15, -0.1) is 0 Å². The van der Waals surface area contributed by atoms with Crippen LogP contribution < -0.4 is 25.4 Å². The van der Waals surface area contributed by atoms with Crippen LogP contribution in [0.3, 0.4) is 0 Å². The quantitative estimate of drug-likeness (QED) is 0.597. The summed E-state index contributed by atoms with van der Waals surface area (Å²) >= 11 is 1.75. The molecule has 3 atom stereocenters. The minimum atomic E-state index is -0.616. The van der Waals surface area contributed by atoms with Crippen LogP contribution in [-0.4, -0.2) is 65.7 Å². The van der Waals surface area contributed by atoms with Gasteiger partial charge in [0.1, 0.15) is 11.9 Å². The lowest BCUT2D eigenvalue weighted by Gasteiger charge is -2.37. The number of rotatable bonds is 3. The standard InChI is InChI=1S/C24H24N4O5S/c29-22(18-10-34-11-25-18)26-15-5-6-28-19(9-15)23(30)27-17-3-1-13(7-16(17)24(28)31)14-2-4-20-21(8-14)33-12-32-20/h1-4,7-8,15,18-19,25H,5-6,9-12H2,(H,26,29)(H,27,30)/p+1/t15-,18-,19-/m0/s1. The van der Waals surface area contributed by atoms with Gasteiger partial charge < -0.3 is 30.3 Å². The number of nitrogens with zero attached hydrogens (tertiary/aromatic N) is 1. The molecule has 0 bridgehead atoms. The molecule has 34 heavy (non-hydrogen) atoms. The van der Waals surface area contributed by atoms with E-state index in [2.05, 4.69) is 10.6 Å². The fourth-order valence-corrected chi connectivity index (χ4v) is 6.03. The van der Waals surface area contributed by atoms with Crippen molar-refractivity contribution in [1.82, 2.24) is 10.2 Å². The molecule has 0 radical (unpaired) electrons. The summed E-state index contributed by atoms with van der Waals surface area (Å²) in [5.41, 5.74) is 2.72. The summed E-state index contributed by atoms with van der Waals surface area (Å²) in [5, 5.41) is 8.06. The minimum Gasteiger partial charge on any atom is -0.454 e. The summed E-state index contributed by atoms with van der Waals surface area (Å²) in [7, 11) is 0. The number of quaternary nitrogens is 1. The van der Waals surface area contributed by atoms with Gasteiger partial charge in [0, 0.05) is 12.6 Å². The second-order valence-corrected chi connectivity index (χ2v) is 10.0. The van der Waals surface area contributed by atoms with E-state index >= 15 is 0 Å². The number of nitrogens with one attached hydrogen (secondary N) is 2. The monoisotopic (exact) mass is 481 g/mol. The van der Waals surface area contributed by atoms with Crippen LogP contribution in [0.25, 0.3) is 11.1 Å². The third kappa shape index (κ3) is 3.76. The van der Waals surface area contributed by atoms with Gasteiger partial charge in [0.2, 0.25) is 12.7 Å². The first-order chi connectivity index (χ1) is 16.6. The van der Waals surface area contributed by atoms with Gasteiger partial charge in [-0.2, -0.15) is 0 Å². The Bertz CT molecular complexity index is 1180. The number of hydrogen-bond acceptors (Lipinski definition) is 6. The maximum Gasteiger partial charge on any atom is 0.279 e. The van der Waals surface area contributed by atoms with Crippen molar-refractivity contribution in [3.63, 3.8) is 0 Å². The van der Waals surface area contributed by atoms with Gasteiger partial charge in [0.25, 0.3) is 11.8 Å². The summed E-state index contributed by atoms with van der Waals surface area (Å²) in [4.78, 5) is 40.8. The highest BCUT2D eigenvalue weighted by Gasteiger charge is 2.41. The van der Waals surface area contributed by atoms with Crippen molar-refractivity contribution in [3.8, 4) is 22.6 Å². The molecule has 6 rings (SSSR count). The number of piperidine rings is 1. The topological polar surface area (TPSA) is 114 Å². The molecule has 4 heterocycles. The molecule has 4 aliphatic rings. The zero-order valence-electron chi connectivity index (χ0n) is 18.4. The van der Waals surface area contributed by atoms with E-state index in [1.54, 1.807) is 22.7 Å². The summed E-state index contributed by atoms with van der Waals surface area (Å²) in [6.07, 6.45) is 1.03. The lowest BCUT2D eigenvalue weighted by Crippen LogP contribution is -2.89. The largest absolute Gasteiger partial charge is 0.454 e. The number of carbonyl (C=O) groups is 3. The SMILES string of the molecule is O=C(N[C@H]1CCN2C(=O)c3cc(-c4ccc5c(c4)OCO5)ccc3NC(=O)[C@@H]2C1)[C@@H]1CSC[NH2+]1. The Kier molecular flexibility index (Phi) is 5.34. The van der Waals surface area contributed by atoms with Crippen LogP contribution in [0.1, 0.15) is 23.2 Å². The molecule has 176 valence electrons. The molecule has 2 aromatic rings. The molecular formula is C24H25N4O5S+. The number of nitrogens with two attached hydrogens (primary N) is 1. The van der Waals surface area contributed by atoms with Crippen LogP contribution >= 0.6 is 11.8 Å². The molecule has 2 saturated heterocycles. The summed E-state index contributed by atoms with van der Waals surface area (Å²) < 4.78 is 10.9. The van der Waals surface area contributed by atoms with Gasteiger partial charge in [-0.25, -0.2) is 0 Å². The van der Waals surface area contributed by atoms with Crippen LogP contribution in [-0.2, 0) is 9.59 Å². The molecule has 2 fully saturated rings. The van der Waals surface area contributed by atoms with Crippen molar-refractivity contribution in [1.29, 1.82) is 0 Å². The first-order valence-electron chi connectivity index (χ1n) is 11.4. The Balaban J connectivity index is 1.23. The fraction of sp³-hybridized carbons (Fsp3) is 0.375. The Hall–Kier alpha value is -3.24. The molecule has 0 spiro atoms. The van der Waals surface area contributed by atoms with Gasteiger partial charge >= 0.3 is 0 Å². The van der Waals surface area contributed by atoms with Crippen molar-refractivity contribution < 1.29 is 29.2 Å². The van der Waals surface area contributed by atoms with Crippen molar-refractivity contribution in [2.45, 2.75) is 31.0 Å².